The van der Waals surface area contributed by atoms with Crippen LogP contribution >= 0.6 is 22.9 Å². The molecule has 306 valence electrons. The number of allylic oxidation sites excluding steroid dienone is 7. The summed E-state index contributed by atoms with van der Waals surface area (Å²) in [5.41, 5.74) is 2.12. The van der Waals surface area contributed by atoms with Crippen LogP contribution in [-0.4, -0.2) is 60.6 Å². The minimum absolute atomic E-state index is 0.00970. The number of ether oxygens (including phenoxy) is 1. The van der Waals surface area contributed by atoms with Crippen molar-refractivity contribution in [3.63, 3.8) is 0 Å². The summed E-state index contributed by atoms with van der Waals surface area (Å²) < 4.78 is 37.4. The highest BCUT2D eigenvalue weighted by molar-refractivity contribution is 7.19. The maximum atomic E-state index is 16.8. The molecule has 2 aliphatic heterocycles. The fourth-order valence-electron chi connectivity index (χ4n) is 7.74. The lowest BCUT2D eigenvalue weighted by Crippen LogP contribution is -2.37. The molecular weight excluding hydrogens is 746 g/mol. The molecule has 5 rings (SSSR count). The first kappa shape index (κ1) is 46.8. The third-order valence-corrected chi connectivity index (χ3v) is 12.9. The molecule has 0 spiro atoms. The van der Waals surface area contributed by atoms with E-state index >= 15 is 8.78 Å². The second-order valence-corrected chi connectivity index (χ2v) is 17.6. The topological polar surface area (TPSA) is 68.9 Å². The highest BCUT2D eigenvalue weighted by Crippen LogP contribution is 2.46. The van der Waals surface area contributed by atoms with Crippen LogP contribution in [0.25, 0.3) is 15.7 Å². The largest absolute Gasteiger partial charge is 0.481 e. The molecule has 10 heteroatoms. The predicted octanol–water partition coefficient (Wildman–Crippen LogP) is 12.7. The van der Waals surface area contributed by atoms with Gasteiger partial charge in [-0.2, -0.15) is 5.26 Å². The number of halogens is 3. The number of hydrogen-bond donors (Lipinski definition) is 0. The average molecular weight is 810 g/mol. The Morgan fingerprint density at radius 2 is 1.88 bits per heavy atom. The number of rotatable bonds is 12. The van der Waals surface area contributed by atoms with Gasteiger partial charge in [0, 0.05) is 52.8 Å². The molecule has 0 saturated carbocycles. The minimum atomic E-state index is -0.681. The summed E-state index contributed by atoms with van der Waals surface area (Å²) in [6.45, 7) is 28.3. The van der Waals surface area contributed by atoms with Gasteiger partial charge in [0.1, 0.15) is 17.6 Å². The van der Waals surface area contributed by atoms with Gasteiger partial charge in [-0.15, -0.1) is 11.3 Å². The quantitative estimate of drug-likeness (QED) is 0.158. The second-order valence-electron chi connectivity index (χ2n) is 16.1. The summed E-state index contributed by atoms with van der Waals surface area (Å²) >= 11 is 8.11. The standard InChI is InChI=1S/C34H42ClF2N3OS.C8H15N.C4H6O/c1-11-20(6)28(15-12-18(2)3)40(9)21(7)24-16-26(35)30(31(37)32(24)39-22(8)41-10)23-13-14-27(36)34-29(23)25(17-38)33(42-34)19(4)5;1-7-5-8-3-2-4-9(8)6-7;1-3-4(2)5/h13-14,16,18-20,28H,8,11-12,15H2,1-7,9-10H3;7-8H,2-6H2,1H3;3H,1H2,2H3/b24-21+,39-32+;;/t20-,28-;7-,8?;/m11./s1. The molecule has 1 unspecified atom stereocenters. The first-order valence-corrected chi connectivity index (χ1v) is 21.2. The van der Waals surface area contributed by atoms with Gasteiger partial charge in [-0.25, -0.2) is 13.8 Å². The molecule has 1 aliphatic carbocycles. The maximum Gasteiger partial charge on any atom is 0.206 e. The lowest BCUT2D eigenvalue weighted by atomic mass is 9.88. The molecular formula is C46H63ClF2N4O2S. The first-order chi connectivity index (χ1) is 26.4. The van der Waals surface area contributed by atoms with E-state index in [1.807, 2.05) is 27.8 Å². The first-order valence-electron chi connectivity index (χ1n) is 20.0. The van der Waals surface area contributed by atoms with E-state index in [0.717, 1.165) is 41.8 Å². The van der Waals surface area contributed by atoms with E-state index in [9.17, 15) is 10.1 Å². The zero-order valence-corrected chi connectivity index (χ0v) is 37.1. The molecule has 3 aliphatic rings. The number of nitriles is 1. The molecule has 2 saturated heterocycles. The number of fused-ring (bicyclic) bond motifs is 2. The Labute approximate surface area is 344 Å². The number of carbonyl (C=O) groups excluding carboxylic acids is 1. The number of benzene rings is 1. The Morgan fingerprint density at radius 3 is 2.41 bits per heavy atom. The summed E-state index contributed by atoms with van der Waals surface area (Å²) in [6, 6.07) is 6.23. The van der Waals surface area contributed by atoms with Gasteiger partial charge < -0.3 is 14.5 Å². The van der Waals surface area contributed by atoms with Crippen molar-refractivity contribution in [1.82, 2.24) is 9.80 Å². The molecule has 0 bridgehead atoms. The number of methoxy groups -OCH3 is 1. The normalized spacial score (nSPS) is 20.8. The van der Waals surface area contributed by atoms with Gasteiger partial charge in [-0.1, -0.05) is 79.1 Å². The highest BCUT2D eigenvalue weighted by Gasteiger charge is 2.34. The zero-order chi connectivity index (χ0) is 42.0. The van der Waals surface area contributed by atoms with Crippen LogP contribution in [0.2, 0.25) is 0 Å². The van der Waals surface area contributed by atoms with E-state index in [0.29, 0.717) is 38.6 Å². The van der Waals surface area contributed by atoms with E-state index in [1.54, 1.807) is 6.08 Å². The van der Waals surface area contributed by atoms with E-state index in [4.69, 9.17) is 16.3 Å². The third-order valence-electron chi connectivity index (χ3n) is 11.2. The van der Waals surface area contributed by atoms with Crippen molar-refractivity contribution in [2.45, 2.75) is 119 Å². The Bertz CT molecular complexity index is 1900. The Kier molecular flexibility index (Phi) is 17.8. The molecule has 4 atom stereocenters. The molecule has 2 fully saturated rings. The van der Waals surface area contributed by atoms with Crippen molar-refractivity contribution in [2.24, 2.45) is 22.7 Å². The Balaban J connectivity index is 0.000000498. The van der Waals surface area contributed by atoms with Gasteiger partial charge in [-0.3, -0.25) is 4.79 Å². The van der Waals surface area contributed by atoms with Crippen molar-refractivity contribution in [3.8, 4) is 6.07 Å². The number of thiophene rings is 1. The van der Waals surface area contributed by atoms with Crippen LogP contribution in [0, 0.1) is 34.9 Å². The predicted molar refractivity (Wildman–Crippen MR) is 233 cm³/mol. The van der Waals surface area contributed by atoms with Crippen molar-refractivity contribution in [2.75, 3.05) is 27.2 Å². The maximum absolute atomic E-state index is 16.8. The van der Waals surface area contributed by atoms with Crippen LogP contribution in [0.15, 0.2) is 70.4 Å². The van der Waals surface area contributed by atoms with Crippen LogP contribution < -0.4 is 0 Å². The van der Waals surface area contributed by atoms with Crippen LogP contribution in [0.1, 0.15) is 123 Å². The van der Waals surface area contributed by atoms with E-state index in [1.165, 1.54) is 75.9 Å². The minimum Gasteiger partial charge on any atom is -0.481 e. The monoisotopic (exact) mass is 808 g/mol. The number of hydrogen-bond acceptors (Lipinski definition) is 7. The third kappa shape index (κ3) is 11.3. The fourth-order valence-corrected chi connectivity index (χ4v) is 9.22. The fraction of sp³-hybridized carbons (Fsp3) is 0.543. The molecule has 1 aromatic carbocycles. The summed E-state index contributed by atoms with van der Waals surface area (Å²) in [5.74, 6) is 0.854. The van der Waals surface area contributed by atoms with Gasteiger partial charge >= 0.3 is 0 Å². The lowest BCUT2D eigenvalue weighted by Gasteiger charge is -2.37. The molecule has 6 nitrogen and oxygen atoms in total. The molecule has 0 amide bonds. The molecule has 1 aromatic heterocycles. The van der Waals surface area contributed by atoms with Gasteiger partial charge in [0.05, 0.1) is 22.4 Å². The van der Waals surface area contributed by atoms with Gasteiger partial charge in [0.15, 0.2) is 11.6 Å². The van der Waals surface area contributed by atoms with E-state index in [2.05, 4.69) is 68.6 Å². The zero-order valence-electron chi connectivity index (χ0n) is 35.5. The van der Waals surface area contributed by atoms with Crippen LogP contribution in [0.5, 0.6) is 0 Å². The molecule has 0 radical (unpaired) electrons. The summed E-state index contributed by atoms with van der Waals surface area (Å²) in [4.78, 5) is 19.7. The second kappa shape index (κ2) is 21.3. The van der Waals surface area contributed by atoms with Crippen LogP contribution in [-0.2, 0) is 9.53 Å². The number of aliphatic imine (C=N–C) groups is 1. The molecule has 3 heterocycles. The van der Waals surface area contributed by atoms with E-state index in [-0.39, 0.29) is 39.9 Å². The van der Waals surface area contributed by atoms with Crippen molar-refractivity contribution in [3.05, 3.63) is 87.3 Å². The van der Waals surface area contributed by atoms with Gasteiger partial charge in [0.2, 0.25) is 5.88 Å². The molecule has 56 heavy (non-hydrogen) atoms. The number of ketones is 1. The van der Waals surface area contributed by atoms with Gasteiger partial charge in [0.25, 0.3) is 0 Å². The number of carbonyl (C=O) groups is 1. The smallest absolute Gasteiger partial charge is 0.206 e. The van der Waals surface area contributed by atoms with Crippen LogP contribution in [0.4, 0.5) is 8.78 Å². The van der Waals surface area contributed by atoms with E-state index < -0.39 is 11.6 Å². The number of nitrogens with zero attached hydrogens (tertiary/aromatic N) is 4. The summed E-state index contributed by atoms with van der Waals surface area (Å²) in [7, 11) is 3.46. The van der Waals surface area contributed by atoms with Crippen molar-refractivity contribution >= 4 is 50.1 Å². The lowest BCUT2D eigenvalue weighted by molar-refractivity contribution is -0.112. The summed E-state index contributed by atoms with van der Waals surface area (Å²) in [5, 5.41) is 10.6. The highest BCUT2D eigenvalue weighted by atomic mass is 35.5. The van der Waals surface area contributed by atoms with Crippen molar-refractivity contribution in [1.29, 1.82) is 5.26 Å². The molecule has 0 N–H and O–H groups in total. The van der Waals surface area contributed by atoms with Crippen LogP contribution in [0.3, 0.4) is 0 Å². The molecule has 2 aromatic rings. The van der Waals surface area contributed by atoms with Gasteiger partial charge in [-0.05, 0) is 107 Å². The summed E-state index contributed by atoms with van der Waals surface area (Å²) in [6.07, 6.45) is 10.5. The average Bonchev–Trinajstić information content (AvgIpc) is 3.87. The Morgan fingerprint density at radius 1 is 1.21 bits per heavy atom. The SMILES string of the molecule is C=C(/N=C1/C(F)=C(c2ccc(F)c3sc(C(C)C)c(C#N)c23)C(Cl)=C/C1=C(/C)N(C)[C@H](CCC(C)C)[C@H](C)CC)OC.C=CC(C)=O.C[C@@H]1CC2CCCN2C1. The Hall–Kier alpha value is -3.58. The van der Waals surface area contributed by atoms with Crippen molar-refractivity contribution < 1.29 is 18.3 Å².